The lowest BCUT2D eigenvalue weighted by Gasteiger charge is -2.43. The van der Waals surface area contributed by atoms with Crippen LogP contribution in [0.4, 0.5) is 0 Å². The van der Waals surface area contributed by atoms with E-state index in [1.54, 1.807) is 0 Å². The smallest absolute Gasteiger partial charge is 0.0544 e. The SMILES string of the molecule is CCC1CCCC(CN)(N(CC)Cc2ccccn2)CC1. The van der Waals surface area contributed by atoms with Crippen molar-refractivity contribution >= 4 is 0 Å². The number of aromatic nitrogens is 1. The van der Waals surface area contributed by atoms with Gasteiger partial charge in [-0.25, -0.2) is 0 Å². The molecule has 1 heterocycles. The molecule has 1 aromatic rings. The van der Waals surface area contributed by atoms with Gasteiger partial charge in [-0.3, -0.25) is 9.88 Å². The van der Waals surface area contributed by atoms with Gasteiger partial charge in [-0.05, 0) is 43.9 Å². The molecule has 2 unspecified atom stereocenters. The molecule has 2 N–H and O–H groups in total. The molecule has 118 valence electrons. The number of rotatable bonds is 6. The van der Waals surface area contributed by atoms with Crippen LogP contribution in [-0.4, -0.2) is 28.5 Å². The summed E-state index contributed by atoms with van der Waals surface area (Å²) < 4.78 is 0. The first-order valence-corrected chi connectivity index (χ1v) is 8.59. The number of pyridine rings is 1. The molecule has 1 saturated carbocycles. The molecule has 1 aromatic heterocycles. The van der Waals surface area contributed by atoms with Gasteiger partial charge >= 0.3 is 0 Å². The molecule has 0 saturated heterocycles. The van der Waals surface area contributed by atoms with Crippen molar-refractivity contribution in [3.05, 3.63) is 30.1 Å². The van der Waals surface area contributed by atoms with Crippen LogP contribution in [0, 0.1) is 5.92 Å². The molecule has 1 aliphatic rings. The van der Waals surface area contributed by atoms with Gasteiger partial charge in [-0.2, -0.15) is 0 Å². The van der Waals surface area contributed by atoms with Crippen LogP contribution < -0.4 is 5.73 Å². The third kappa shape index (κ3) is 4.04. The van der Waals surface area contributed by atoms with Crippen LogP contribution in [0.25, 0.3) is 0 Å². The topological polar surface area (TPSA) is 42.1 Å². The molecular formula is C18H31N3. The summed E-state index contributed by atoms with van der Waals surface area (Å²) in [4.78, 5) is 7.08. The Labute approximate surface area is 129 Å². The minimum Gasteiger partial charge on any atom is -0.329 e. The van der Waals surface area contributed by atoms with Crippen LogP contribution >= 0.6 is 0 Å². The predicted molar refractivity (Wildman–Crippen MR) is 89.0 cm³/mol. The highest BCUT2D eigenvalue weighted by Gasteiger charge is 2.36. The zero-order valence-corrected chi connectivity index (χ0v) is 13.7. The molecule has 21 heavy (non-hydrogen) atoms. The Balaban J connectivity index is 2.12. The van der Waals surface area contributed by atoms with E-state index in [1.807, 2.05) is 12.3 Å². The highest BCUT2D eigenvalue weighted by molar-refractivity contribution is 5.05. The molecule has 1 fully saturated rings. The number of hydrogen-bond acceptors (Lipinski definition) is 3. The Morgan fingerprint density at radius 3 is 2.76 bits per heavy atom. The van der Waals surface area contributed by atoms with E-state index in [1.165, 1.54) is 38.5 Å². The lowest BCUT2D eigenvalue weighted by Crippen LogP contribution is -2.53. The quantitative estimate of drug-likeness (QED) is 0.814. The Kier molecular flexibility index (Phi) is 6.19. The molecule has 1 aliphatic carbocycles. The van der Waals surface area contributed by atoms with Gasteiger partial charge in [0.25, 0.3) is 0 Å². The van der Waals surface area contributed by atoms with Crippen molar-refractivity contribution in [1.29, 1.82) is 0 Å². The summed E-state index contributed by atoms with van der Waals surface area (Å²) in [7, 11) is 0. The molecule has 2 rings (SSSR count). The first kappa shape index (κ1) is 16.4. The Morgan fingerprint density at radius 1 is 1.29 bits per heavy atom. The molecule has 0 bridgehead atoms. The first-order valence-electron chi connectivity index (χ1n) is 8.59. The van der Waals surface area contributed by atoms with Crippen LogP contribution in [0.5, 0.6) is 0 Å². The summed E-state index contributed by atoms with van der Waals surface area (Å²) in [6.07, 6.45) is 9.69. The molecule has 3 nitrogen and oxygen atoms in total. The van der Waals surface area contributed by atoms with Crippen molar-refractivity contribution in [3.8, 4) is 0 Å². The minimum atomic E-state index is 0.177. The maximum Gasteiger partial charge on any atom is 0.0544 e. The number of hydrogen-bond donors (Lipinski definition) is 1. The fourth-order valence-electron chi connectivity index (χ4n) is 3.82. The van der Waals surface area contributed by atoms with Gasteiger partial charge in [0.2, 0.25) is 0 Å². The maximum absolute atomic E-state index is 6.26. The summed E-state index contributed by atoms with van der Waals surface area (Å²) in [5.74, 6) is 0.895. The second-order valence-corrected chi connectivity index (χ2v) is 6.47. The molecular weight excluding hydrogens is 258 g/mol. The van der Waals surface area contributed by atoms with E-state index >= 15 is 0 Å². The van der Waals surface area contributed by atoms with Crippen molar-refractivity contribution in [3.63, 3.8) is 0 Å². The van der Waals surface area contributed by atoms with Gasteiger partial charge in [0.1, 0.15) is 0 Å². The van der Waals surface area contributed by atoms with Crippen LogP contribution in [0.1, 0.15) is 58.1 Å². The molecule has 0 amide bonds. The molecule has 0 aliphatic heterocycles. The zero-order valence-electron chi connectivity index (χ0n) is 13.7. The largest absolute Gasteiger partial charge is 0.329 e. The van der Waals surface area contributed by atoms with E-state index in [-0.39, 0.29) is 5.54 Å². The van der Waals surface area contributed by atoms with Crippen molar-refractivity contribution in [2.75, 3.05) is 13.1 Å². The van der Waals surface area contributed by atoms with E-state index in [2.05, 4.69) is 35.9 Å². The van der Waals surface area contributed by atoms with Crippen LogP contribution in [0.15, 0.2) is 24.4 Å². The fraction of sp³-hybridized carbons (Fsp3) is 0.722. The summed E-state index contributed by atoms with van der Waals surface area (Å²) in [6, 6.07) is 6.18. The van der Waals surface area contributed by atoms with E-state index in [0.29, 0.717) is 0 Å². The number of nitrogens with two attached hydrogens (primary N) is 1. The zero-order chi connectivity index (χ0) is 15.1. The first-order chi connectivity index (χ1) is 10.2. The molecule has 2 atom stereocenters. The normalized spacial score (nSPS) is 26.8. The van der Waals surface area contributed by atoms with Crippen molar-refractivity contribution in [2.24, 2.45) is 11.7 Å². The van der Waals surface area contributed by atoms with Crippen LogP contribution in [0.2, 0.25) is 0 Å². The number of likely N-dealkylation sites (N-methyl/N-ethyl adjacent to an activating group) is 1. The predicted octanol–water partition coefficient (Wildman–Crippen LogP) is 3.59. The van der Waals surface area contributed by atoms with E-state index in [0.717, 1.165) is 31.2 Å². The molecule has 3 heteroatoms. The highest BCUT2D eigenvalue weighted by atomic mass is 15.2. The van der Waals surface area contributed by atoms with Crippen molar-refractivity contribution < 1.29 is 0 Å². The maximum atomic E-state index is 6.26. The van der Waals surface area contributed by atoms with Gasteiger partial charge in [-0.15, -0.1) is 0 Å². The minimum absolute atomic E-state index is 0.177. The van der Waals surface area contributed by atoms with Gasteiger partial charge in [0, 0.05) is 24.8 Å². The van der Waals surface area contributed by atoms with Crippen molar-refractivity contribution in [1.82, 2.24) is 9.88 Å². The average Bonchev–Trinajstić information content (AvgIpc) is 2.76. The van der Waals surface area contributed by atoms with Crippen LogP contribution in [0.3, 0.4) is 0 Å². The standard InChI is InChI=1S/C18H31N3/c1-3-16-8-7-11-18(15-19,12-10-16)21(4-2)14-17-9-5-6-13-20-17/h5-6,9,13,16H,3-4,7-8,10-12,14-15,19H2,1-2H3. The van der Waals surface area contributed by atoms with Gasteiger partial charge in [0.05, 0.1) is 5.69 Å². The molecule has 0 radical (unpaired) electrons. The van der Waals surface area contributed by atoms with E-state index < -0.39 is 0 Å². The fourth-order valence-corrected chi connectivity index (χ4v) is 3.82. The Hall–Kier alpha value is -0.930. The third-order valence-corrected chi connectivity index (χ3v) is 5.36. The average molecular weight is 289 g/mol. The molecule has 0 spiro atoms. The van der Waals surface area contributed by atoms with Gasteiger partial charge < -0.3 is 5.73 Å². The highest BCUT2D eigenvalue weighted by Crippen LogP contribution is 2.36. The lowest BCUT2D eigenvalue weighted by atomic mass is 9.87. The van der Waals surface area contributed by atoms with E-state index in [4.69, 9.17) is 5.73 Å². The Bertz CT molecular complexity index is 406. The lowest BCUT2D eigenvalue weighted by molar-refractivity contribution is 0.0732. The number of nitrogens with zero attached hydrogens (tertiary/aromatic N) is 2. The van der Waals surface area contributed by atoms with Gasteiger partial charge in [0.15, 0.2) is 0 Å². The second-order valence-electron chi connectivity index (χ2n) is 6.47. The Morgan fingerprint density at radius 2 is 2.14 bits per heavy atom. The van der Waals surface area contributed by atoms with E-state index in [9.17, 15) is 0 Å². The van der Waals surface area contributed by atoms with Gasteiger partial charge in [-0.1, -0.05) is 39.2 Å². The third-order valence-electron chi connectivity index (χ3n) is 5.36. The van der Waals surface area contributed by atoms with Crippen LogP contribution in [-0.2, 0) is 6.54 Å². The molecule has 0 aromatic carbocycles. The summed E-state index contributed by atoms with van der Waals surface area (Å²) >= 11 is 0. The summed E-state index contributed by atoms with van der Waals surface area (Å²) in [5.41, 5.74) is 7.60. The summed E-state index contributed by atoms with van der Waals surface area (Å²) in [6.45, 7) is 7.31. The summed E-state index contributed by atoms with van der Waals surface area (Å²) in [5, 5.41) is 0. The van der Waals surface area contributed by atoms with Crippen molar-refractivity contribution in [2.45, 2.75) is 64.5 Å². The second kappa shape index (κ2) is 7.90. The monoisotopic (exact) mass is 289 g/mol.